The zero-order valence-corrected chi connectivity index (χ0v) is 11.9. The molecule has 0 bridgehead atoms. The van der Waals surface area contributed by atoms with Crippen LogP contribution in [0.4, 0.5) is 0 Å². The Morgan fingerprint density at radius 1 is 1.24 bits per heavy atom. The van der Waals surface area contributed by atoms with Crippen molar-refractivity contribution in [3.63, 3.8) is 0 Å². The van der Waals surface area contributed by atoms with Crippen LogP contribution < -0.4 is 5.32 Å². The summed E-state index contributed by atoms with van der Waals surface area (Å²) in [6, 6.07) is 2.62. The van der Waals surface area contributed by atoms with E-state index in [1.165, 1.54) is 6.42 Å². The Bertz CT molecular complexity index is 315. The van der Waals surface area contributed by atoms with Gasteiger partial charge in [0.05, 0.1) is 5.69 Å². The normalized spacial score (nSPS) is 13.6. The predicted octanol–water partition coefficient (Wildman–Crippen LogP) is 3.06. The molecular formula is C14H27N3. The third-order valence-corrected chi connectivity index (χ3v) is 2.76. The molecule has 0 radical (unpaired) electrons. The molecule has 0 saturated heterocycles. The molecule has 0 spiro atoms. The van der Waals surface area contributed by atoms with Gasteiger partial charge in [0.2, 0.25) is 0 Å². The van der Waals surface area contributed by atoms with Crippen molar-refractivity contribution in [1.82, 2.24) is 15.1 Å². The second kappa shape index (κ2) is 6.80. The molecule has 1 aromatic heterocycles. The average molecular weight is 237 g/mol. The van der Waals surface area contributed by atoms with E-state index in [0.29, 0.717) is 12.0 Å². The van der Waals surface area contributed by atoms with Crippen LogP contribution in [0.2, 0.25) is 0 Å². The number of rotatable bonds is 7. The molecule has 1 aromatic rings. The minimum atomic E-state index is 0.514. The molecule has 1 atom stereocenters. The topological polar surface area (TPSA) is 29.9 Å². The predicted molar refractivity (Wildman–Crippen MR) is 72.8 cm³/mol. The summed E-state index contributed by atoms with van der Waals surface area (Å²) in [6.45, 7) is 13.1. The molecule has 0 aliphatic carbocycles. The van der Waals surface area contributed by atoms with Gasteiger partial charge in [0.15, 0.2) is 0 Å². The van der Waals surface area contributed by atoms with Crippen molar-refractivity contribution in [2.24, 2.45) is 11.8 Å². The van der Waals surface area contributed by atoms with E-state index in [-0.39, 0.29) is 0 Å². The van der Waals surface area contributed by atoms with E-state index in [1.807, 2.05) is 0 Å². The van der Waals surface area contributed by atoms with Crippen molar-refractivity contribution in [3.8, 4) is 0 Å². The largest absolute Gasteiger partial charge is 0.309 e. The van der Waals surface area contributed by atoms with Gasteiger partial charge in [0.25, 0.3) is 0 Å². The van der Waals surface area contributed by atoms with Gasteiger partial charge >= 0.3 is 0 Å². The van der Waals surface area contributed by atoms with E-state index >= 15 is 0 Å². The summed E-state index contributed by atoms with van der Waals surface area (Å²) in [5.74, 6) is 1.46. The van der Waals surface area contributed by atoms with E-state index in [1.54, 1.807) is 0 Å². The fourth-order valence-electron chi connectivity index (χ4n) is 2.11. The molecule has 17 heavy (non-hydrogen) atoms. The molecule has 0 fully saturated rings. The highest BCUT2D eigenvalue weighted by molar-refractivity contribution is 4.98. The van der Waals surface area contributed by atoms with Crippen LogP contribution in [0.5, 0.6) is 0 Å². The monoisotopic (exact) mass is 237 g/mol. The molecule has 0 amide bonds. The van der Waals surface area contributed by atoms with Crippen LogP contribution in [0.15, 0.2) is 12.3 Å². The lowest BCUT2D eigenvalue weighted by Gasteiger charge is -2.13. The average Bonchev–Trinajstić information content (AvgIpc) is 2.61. The zero-order chi connectivity index (χ0) is 12.8. The third-order valence-electron chi connectivity index (χ3n) is 2.76. The Hall–Kier alpha value is -0.830. The Morgan fingerprint density at radius 3 is 2.53 bits per heavy atom. The van der Waals surface area contributed by atoms with Crippen LogP contribution in [-0.2, 0) is 13.1 Å². The van der Waals surface area contributed by atoms with E-state index in [9.17, 15) is 0 Å². The van der Waals surface area contributed by atoms with Gasteiger partial charge < -0.3 is 5.32 Å². The summed E-state index contributed by atoms with van der Waals surface area (Å²) in [6.07, 6.45) is 3.35. The molecule has 1 unspecified atom stereocenters. The van der Waals surface area contributed by atoms with Crippen molar-refractivity contribution in [2.75, 3.05) is 0 Å². The molecule has 1 heterocycles. The van der Waals surface area contributed by atoms with Crippen LogP contribution in [-0.4, -0.2) is 15.8 Å². The fraction of sp³-hybridized carbons (Fsp3) is 0.786. The molecule has 3 heteroatoms. The number of nitrogens with one attached hydrogen (secondary N) is 1. The molecule has 0 aromatic carbocycles. The summed E-state index contributed by atoms with van der Waals surface area (Å²) in [5.41, 5.74) is 1.13. The van der Waals surface area contributed by atoms with Crippen LogP contribution in [0.3, 0.4) is 0 Å². The summed E-state index contributed by atoms with van der Waals surface area (Å²) >= 11 is 0. The van der Waals surface area contributed by atoms with E-state index in [0.717, 1.165) is 24.7 Å². The number of hydrogen-bond donors (Lipinski definition) is 1. The molecule has 98 valence electrons. The molecular weight excluding hydrogens is 210 g/mol. The Kier molecular flexibility index (Phi) is 5.69. The van der Waals surface area contributed by atoms with Gasteiger partial charge in [0.1, 0.15) is 0 Å². The first-order chi connectivity index (χ1) is 7.97. The van der Waals surface area contributed by atoms with Crippen molar-refractivity contribution in [2.45, 2.75) is 60.2 Å². The number of hydrogen-bond acceptors (Lipinski definition) is 2. The second-order valence-electron chi connectivity index (χ2n) is 5.80. The van der Waals surface area contributed by atoms with Crippen LogP contribution in [0, 0.1) is 11.8 Å². The van der Waals surface area contributed by atoms with Gasteiger partial charge in [0, 0.05) is 25.3 Å². The van der Waals surface area contributed by atoms with Crippen molar-refractivity contribution >= 4 is 0 Å². The van der Waals surface area contributed by atoms with E-state index in [2.05, 4.69) is 62.0 Å². The first-order valence-electron chi connectivity index (χ1n) is 6.73. The molecule has 1 N–H and O–H groups in total. The standard InChI is InChI=1S/C14H27N3/c1-11(2)8-13(5)10-17-7-6-14(16-17)9-15-12(3)4/h6-7,11-13,15H,8-10H2,1-5H3. The van der Waals surface area contributed by atoms with Crippen LogP contribution in [0.25, 0.3) is 0 Å². The maximum atomic E-state index is 4.58. The lowest BCUT2D eigenvalue weighted by molar-refractivity contribution is 0.372. The Labute approximate surface area is 106 Å². The summed E-state index contributed by atoms with van der Waals surface area (Å²) < 4.78 is 2.07. The van der Waals surface area contributed by atoms with E-state index < -0.39 is 0 Å². The SMILES string of the molecule is CC(C)CC(C)Cn1ccc(CNC(C)C)n1. The highest BCUT2D eigenvalue weighted by atomic mass is 15.3. The minimum absolute atomic E-state index is 0.514. The first-order valence-corrected chi connectivity index (χ1v) is 6.73. The Morgan fingerprint density at radius 2 is 1.94 bits per heavy atom. The van der Waals surface area contributed by atoms with Crippen molar-refractivity contribution < 1.29 is 0 Å². The molecule has 3 nitrogen and oxygen atoms in total. The van der Waals surface area contributed by atoms with Gasteiger partial charge in [-0.3, -0.25) is 4.68 Å². The quantitative estimate of drug-likeness (QED) is 0.790. The smallest absolute Gasteiger partial charge is 0.0762 e. The third kappa shape index (κ3) is 5.87. The lowest BCUT2D eigenvalue weighted by Crippen LogP contribution is -2.22. The molecule has 0 aliphatic heterocycles. The van der Waals surface area contributed by atoms with Crippen LogP contribution in [0.1, 0.15) is 46.7 Å². The van der Waals surface area contributed by atoms with Crippen LogP contribution >= 0.6 is 0 Å². The molecule has 0 aliphatic rings. The molecule has 1 rings (SSSR count). The van der Waals surface area contributed by atoms with Gasteiger partial charge in [-0.2, -0.15) is 5.10 Å². The van der Waals surface area contributed by atoms with Gasteiger partial charge in [-0.05, 0) is 24.3 Å². The first kappa shape index (κ1) is 14.2. The van der Waals surface area contributed by atoms with Crippen molar-refractivity contribution in [3.05, 3.63) is 18.0 Å². The van der Waals surface area contributed by atoms with Gasteiger partial charge in [-0.15, -0.1) is 0 Å². The maximum Gasteiger partial charge on any atom is 0.0762 e. The zero-order valence-electron chi connectivity index (χ0n) is 11.9. The lowest BCUT2D eigenvalue weighted by atomic mass is 9.99. The van der Waals surface area contributed by atoms with E-state index in [4.69, 9.17) is 0 Å². The van der Waals surface area contributed by atoms with Gasteiger partial charge in [-0.25, -0.2) is 0 Å². The minimum Gasteiger partial charge on any atom is -0.309 e. The number of aromatic nitrogens is 2. The summed E-state index contributed by atoms with van der Waals surface area (Å²) in [7, 11) is 0. The fourth-order valence-corrected chi connectivity index (χ4v) is 2.11. The summed E-state index contributed by atoms with van der Waals surface area (Å²) in [4.78, 5) is 0. The Balaban J connectivity index is 2.39. The second-order valence-corrected chi connectivity index (χ2v) is 5.80. The molecule has 0 saturated carbocycles. The maximum absolute atomic E-state index is 4.58. The highest BCUT2D eigenvalue weighted by Gasteiger charge is 2.07. The van der Waals surface area contributed by atoms with Crippen molar-refractivity contribution in [1.29, 1.82) is 0 Å². The highest BCUT2D eigenvalue weighted by Crippen LogP contribution is 2.12. The summed E-state index contributed by atoms with van der Waals surface area (Å²) in [5, 5.41) is 7.97. The number of nitrogens with zero attached hydrogens (tertiary/aromatic N) is 2. The van der Waals surface area contributed by atoms with Gasteiger partial charge in [-0.1, -0.05) is 34.6 Å².